The van der Waals surface area contributed by atoms with Gasteiger partial charge in [0.15, 0.2) is 0 Å². The quantitative estimate of drug-likeness (QED) is 0.557. The zero-order valence-electron chi connectivity index (χ0n) is 15.5. The van der Waals surface area contributed by atoms with Crippen LogP contribution in [-0.2, 0) is 4.79 Å². The maximum atomic E-state index is 12.9. The van der Waals surface area contributed by atoms with Crippen LogP contribution in [0.3, 0.4) is 0 Å². The Kier molecular flexibility index (Phi) is 6.52. The van der Waals surface area contributed by atoms with Crippen LogP contribution < -0.4 is 5.32 Å². The molecule has 5 nitrogen and oxygen atoms in total. The summed E-state index contributed by atoms with van der Waals surface area (Å²) in [6.45, 7) is 1.88. The number of aliphatic carboxylic acids is 1. The van der Waals surface area contributed by atoms with E-state index in [1.807, 2.05) is 31.2 Å². The summed E-state index contributed by atoms with van der Waals surface area (Å²) in [5.41, 5.74) is 3.11. The van der Waals surface area contributed by atoms with Crippen LogP contribution in [0.25, 0.3) is 11.3 Å². The molecule has 0 aliphatic heterocycles. The maximum Gasteiger partial charge on any atom is 0.305 e. The third-order valence-corrected chi connectivity index (χ3v) is 5.04. The molecule has 0 radical (unpaired) electrons. The van der Waals surface area contributed by atoms with Gasteiger partial charge in [-0.25, -0.2) is 0 Å². The Bertz CT molecular complexity index is 1070. The van der Waals surface area contributed by atoms with E-state index in [0.717, 1.165) is 11.1 Å². The molecule has 3 aromatic rings. The van der Waals surface area contributed by atoms with Crippen molar-refractivity contribution in [3.8, 4) is 11.3 Å². The van der Waals surface area contributed by atoms with E-state index in [-0.39, 0.29) is 6.42 Å². The van der Waals surface area contributed by atoms with E-state index in [1.165, 1.54) is 6.20 Å². The smallest absolute Gasteiger partial charge is 0.305 e. The number of hydrogen-bond donors (Lipinski definition) is 2. The summed E-state index contributed by atoms with van der Waals surface area (Å²) in [6, 6.07) is 14.9. The number of nitrogens with zero attached hydrogens (tertiary/aromatic N) is 1. The number of carboxylic acid groups (broad SMARTS) is 1. The molecule has 0 unspecified atom stereocenters. The predicted octanol–water partition coefficient (Wildman–Crippen LogP) is 5.31. The molecule has 0 saturated heterocycles. The molecule has 0 aliphatic carbocycles. The number of halogens is 2. The van der Waals surface area contributed by atoms with E-state index in [0.29, 0.717) is 26.9 Å². The minimum absolute atomic E-state index is 0.228. The normalized spacial score (nSPS) is 11.7. The lowest BCUT2D eigenvalue weighted by Gasteiger charge is -2.19. The highest BCUT2D eigenvalue weighted by molar-refractivity contribution is 6.35. The molecule has 29 heavy (non-hydrogen) atoms. The van der Waals surface area contributed by atoms with Gasteiger partial charge in [-0.15, -0.1) is 0 Å². The van der Waals surface area contributed by atoms with Crippen molar-refractivity contribution in [2.45, 2.75) is 19.4 Å². The van der Waals surface area contributed by atoms with Gasteiger partial charge in [0, 0.05) is 22.3 Å². The summed E-state index contributed by atoms with van der Waals surface area (Å²) in [5, 5.41) is 13.1. The summed E-state index contributed by atoms with van der Waals surface area (Å²) in [7, 11) is 0. The van der Waals surface area contributed by atoms with Crippen molar-refractivity contribution >= 4 is 35.1 Å². The molecule has 2 N–H and O–H groups in total. The molecular formula is C22H18Cl2N2O3. The van der Waals surface area contributed by atoms with Gasteiger partial charge in [-0.3, -0.25) is 14.6 Å². The number of carbonyl (C=O) groups is 2. The zero-order chi connectivity index (χ0) is 21.0. The van der Waals surface area contributed by atoms with E-state index in [2.05, 4.69) is 10.3 Å². The molecule has 0 saturated carbocycles. The molecule has 0 fully saturated rings. The number of aryl methyl sites for hydroxylation is 1. The molecule has 2 aromatic carbocycles. The van der Waals surface area contributed by atoms with Crippen LogP contribution >= 0.6 is 23.2 Å². The largest absolute Gasteiger partial charge is 0.481 e. The van der Waals surface area contributed by atoms with Gasteiger partial charge >= 0.3 is 5.97 Å². The van der Waals surface area contributed by atoms with Crippen LogP contribution in [-0.4, -0.2) is 22.0 Å². The Hall–Kier alpha value is -2.89. The van der Waals surface area contributed by atoms with E-state index in [9.17, 15) is 14.7 Å². The van der Waals surface area contributed by atoms with E-state index in [4.69, 9.17) is 23.2 Å². The fraction of sp³-hybridized carbons (Fsp3) is 0.136. The van der Waals surface area contributed by atoms with Crippen LogP contribution in [0.1, 0.15) is 33.9 Å². The second-order valence-corrected chi connectivity index (χ2v) is 7.38. The van der Waals surface area contributed by atoms with Gasteiger partial charge in [-0.1, -0.05) is 47.5 Å². The Balaban J connectivity index is 1.90. The number of aromatic nitrogens is 1. The van der Waals surface area contributed by atoms with Gasteiger partial charge in [0.2, 0.25) is 0 Å². The number of carboxylic acids is 1. The van der Waals surface area contributed by atoms with Crippen LogP contribution in [0, 0.1) is 6.92 Å². The predicted molar refractivity (Wildman–Crippen MR) is 113 cm³/mol. The SMILES string of the molecule is Cc1ccccc1[C@H](CC(=O)O)NC(=O)c1ccnc(-c2cc(Cl)ccc2Cl)c1. The first-order chi connectivity index (χ1) is 13.8. The summed E-state index contributed by atoms with van der Waals surface area (Å²) in [6.07, 6.45) is 1.27. The van der Waals surface area contributed by atoms with Crippen molar-refractivity contribution in [3.63, 3.8) is 0 Å². The van der Waals surface area contributed by atoms with E-state index >= 15 is 0 Å². The van der Waals surface area contributed by atoms with Gasteiger partial charge in [0.1, 0.15) is 0 Å². The molecule has 1 amide bonds. The fourth-order valence-electron chi connectivity index (χ4n) is 3.05. The lowest BCUT2D eigenvalue weighted by atomic mass is 9.98. The minimum Gasteiger partial charge on any atom is -0.481 e. The Morgan fingerprint density at radius 2 is 1.86 bits per heavy atom. The first kappa shape index (κ1) is 20.8. The van der Waals surface area contributed by atoms with Gasteiger partial charge < -0.3 is 10.4 Å². The number of hydrogen-bond acceptors (Lipinski definition) is 3. The van der Waals surface area contributed by atoms with Gasteiger partial charge in [0.05, 0.1) is 23.2 Å². The zero-order valence-corrected chi connectivity index (χ0v) is 17.0. The Morgan fingerprint density at radius 3 is 2.59 bits per heavy atom. The topological polar surface area (TPSA) is 79.3 Å². The molecule has 0 aliphatic rings. The second kappa shape index (κ2) is 9.07. The molecule has 1 aromatic heterocycles. The number of pyridine rings is 1. The Morgan fingerprint density at radius 1 is 1.10 bits per heavy atom. The van der Waals surface area contributed by atoms with Crippen molar-refractivity contribution in [3.05, 3.63) is 87.5 Å². The van der Waals surface area contributed by atoms with Gasteiger partial charge in [0.25, 0.3) is 5.91 Å². The van der Waals surface area contributed by atoms with Crippen molar-refractivity contribution < 1.29 is 14.7 Å². The molecule has 3 rings (SSSR count). The fourth-order valence-corrected chi connectivity index (χ4v) is 3.43. The first-order valence-electron chi connectivity index (χ1n) is 8.85. The number of rotatable bonds is 6. The molecule has 148 valence electrons. The van der Waals surface area contributed by atoms with E-state index < -0.39 is 17.9 Å². The highest BCUT2D eigenvalue weighted by atomic mass is 35.5. The van der Waals surface area contributed by atoms with Crippen LogP contribution in [0.15, 0.2) is 60.8 Å². The first-order valence-corrected chi connectivity index (χ1v) is 9.60. The third kappa shape index (κ3) is 5.13. The lowest BCUT2D eigenvalue weighted by molar-refractivity contribution is -0.137. The van der Waals surface area contributed by atoms with Crippen molar-refractivity contribution in [1.29, 1.82) is 0 Å². The van der Waals surface area contributed by atoms with Crippen LogP contribution in [0.5, 0.6) is 0 Å². The molecule has 1 atom stereocenters. The molecule has 7 heteroatoms. The monoisotopic (exact) mass is 428 g/mol. The summed E-state index contributed by atoms with van der Waals surface area (Å²) >= 11 is 12.3. The summed E-state index contributed by atoms with van der Waals surface area (Å²) < 4.78 is 0. The minimum atomic E-state index is -1.00. The van der Waals surface area contributed by atoms with Gasteiger partial charge in [-0.05, 0) is 48.4 Å². The van der Waals surface area contributed by atoms with Crippen molar-refractivity contribution in [2.75, 3.05) is 0 Å². The van der Waals surface area contributed by atoms with Crippen LogP contribution in [0.2, 0.25) is 10.0 Å². The average Bonchev–Trinajstić information content (AvgIpc) is 2.69. The standard InChI is InChI=1S/C22H18Cl2N2O3/c1-13-4-2-3-5-16(13)20(12-21(27)28)26-22(29)14-8-9-25-19(10-14)17-11-15(23)6-7-18(17)24/h2-11,20H,12H2,1H3,(H,26,29)(H,27,28)/t20-/m0/s1. The average molecular weight is 429 g/mol. The maximum absolute atomic E-state index is 12.9. The number of amides is 1. The Labute approximate surface area is 178 Å². The molecule has 1 heterocycles. The van der Waals surface area contributed by atoms with Crippen LogP contribution in [0.4, 0.5) is 0 Å². The highest BCUT2D eigenvalue weighted by Gasteiger charge is 2.21. The lowest BCUT2D eigenvalue weighted by Crippen LogP contribution is -2.30. The van der Waals surface area contributed by atoms with Crippen molar-refractivity contribution in [2.24, 2.45) is 0 Å². The van der Waals surface area contributed by atoms with Gasteiger partial charge in [-0.2, -0.15) is 0 Å². The number of nitrogens with one attached hydrogen (secondary N) is 1. The second-order valence-electron chi connectivity index (χ2n) is 6.53. The molecule has 0 spiro atoms. The molecular weight excluding hydrogens is 411 g/mol. The number of carbonyl (C=O) groups excluding carboxylic acids is 1. The summed E-state index contributed by atoms with van der Waals surface area (Å²) in [5.74, 6) is -1.40. The third-order valence-electron chi connectivity index (χ3n) is 4.47. The molecule has 0 bridgehead atoms. The number of benzene rings is 2. The van der Waals surface area contributed by atoms with E-state index in [1.54, 1.807) is 30.3 Å². The summed E-state index contributed by atoms with van der Waals surface area (Å²) in [4.78, 5) is 28.5. The van der Waals surface area contributed by atoms with Crippen molar-refractivity contribution in [1.82, 2.24) is 10.3 Å². The highest BCUT2D eigenvalue weighted by Crippen LogP contribution is 2.30.